The van der Waals surface area contributed by atoms with Crippen LogP contribution in [-0.2, 0) is 15.9 Å². The fourth-order valence-corrected chi connectivity index (χ4v) is 1.45. The van der Waals surface area contributed by atoms with Gasteiger partial charge in [-0.15, -0.1) is 0 Å². The standard InChI is InChI=1S/C12H20N2O2/c1-15-10-12(9-13)16-8-2-3-11-4-6-14-7-5-11/h4-7,12H,2-3,8-10,13H2,1H3. The number of nitrogens with two attached hydrogens (primary N) is 1. The molecule has 1 heterocycles. The summed E-state index contributed by atoms with van der Waals surface area (Å²) < 4.78 is 10.6. The zero-order valence-electron chi connectivity index (χ0n) is 9.76. The third kappa shape index (κ3) is 5.21. The van der Waals surface area contributed by atoms with E-state index in [-0.39, 0.29) is 6.10 Å². The Morgan fingerprint density at radius 2 is 2.12 bits per heavy atom. The fourth-order valence-electron chi connectivity index (χ4n) is 1.45. The molecule has 1 atom stereocenters. The highest BCUT2D eigenvalue weighted by molar-refractivity contribution is 5.09. The number of hydrogen-bond acceptors (Lipinski definition) is 4. The quantitative estimate of drug-likeness (QED) is 0.669. The molecule has 0 saturated carbocycles. The van der Waals surface area contributed by atoms with Gasteiger partial charge >= 0.3 is 0 Å². The van der Waals surface area contributed by atoms with Crippen molar-refractivity contribution in [3.8, 4) is 0 Å². The van der Waals surface area contributed by atoms with Gasteiger partial charge in [0, 0.05) is 32.7 Å². The smallest absolute Gasteiger partial charge is 0.0930 e. The number of hydrogen-bond donors (Lipinski definition) is 1. The SMILES string of the molecule is COCC(CN)OCCCc1ccncc1. The number of aromatic nitrogens is 1. The van der Waals surface area contributed by atoms with Crippen LogP contribution in [-0.4, -0.2) is 38.0 Å². The average molecular weight is 224 g/mol. The van der Waals surface area contributed by atoms with Gasteiger partial charge in [0.15, 0.2) is 0 Å². The molecule has 4 heteroatoms. The van der Waals surface area contributed by atoms with Crippen molar-refractivity contribution in [1.29, 1.82) is 0 Å². The van der Waals surface area contributed by atoms with Gasteiger partial charge in [-0.2, -0.15) is 0 Å². The van der Waals surface area contributed by atoms with E-state index < -0.39 is 0 Å². The van der Waals surface area contributed by atoms with Crippen LogP contribution in [0.2, 0.25) is 0 Å². The van der Waals surface area contributed by atoms with E-state index in [0.717, 1.165) is 12.8 Å². The van der Waals surface area contributed by atoms with Gasteiger partial charge in [0.2, 0.25) is 0 Å². The number of pyridine rings is 1. The van der Waals surface area contributed by atoms with Crippen LogP contribution < -0.4 is 5.73 Å². The molecule has 1 aromatic rings. The number of rotatable bonds is 8. The Hall–Kier alpha value is -0.970. The van der Waals surface area contributed by atoms with Crippen molar-refractivity contribution in [1.82, 2.24) is 4.98 Å². The Bertz CT molecular complexity index is 267. The van der Waals surface area contributed by atoms with Crippen molar-refractivity contribution < 1.29 is 9.47 Å². The van der Waals surface area contributed by atoms with Crippen LogP contribution in [0.4, 0.5) is 0 Å². The number of nitrogens with zero attached hydrogens (tertiary/aromatic N) is 1. The molecule has 0 aliphatic carbocycles. The lowest BCUT2D eigenvalue weighted by Crippen LogP contribution is -2.28. The van der Waals surface area contributed by atoms with E-state index in [1.165, 1.54) is 5.56 Å². The Morgan fingerprint density at radius 1 is 1.38 bits per heavy atom. The molecule has 0 bridgehead atoms. The van der Waals surface area contributed by atoms with Gasteiger partial charge in [-0.25, -0.2) is 0 Å². The molecule has 1 unspecified atom stereocenters. The lowest BCUT2D eigenvalue weighted by molar-refractivity contribution is 0.00282. The lowest BCUT2D eigenvalue weighted by atomic mass is 10.1. The van der Waals surface area contributed by atoms with Gasteiger partial charge in [0.1, 0.15) is 0 Å². The summed E-state index contributed by atoms with van der Waals surface area (Å²) in [7, 11) is 1.66. The first-order valence-corrected chi connectivity index (χ1v) is 5.56. The minimum Gasteiger partial charge on any atom is -0.382 e. The first-order chi connectivity index (χ1) is 7.86. The van der Waals surface area contributed by atoms with Crippen molar-refractivity contribution in [2.75, 3.05) is 26.9 Å². The molecule has 90 valence electrons. The second kappa shape index (κ2) is 8.21. The fraction of sp³-hybridized carbons (Fsp3) is 0.583. The maximum atomic E-state index is 5.59. The average Bonchev–Trinajstić information content (AvgIpc) is 2.34. The van der Waals surface area contributed by atoms with Crippen molar-refractivity contribution in [3.05, 3.63) is 30.1 Å². The molecule has 0 saturated heterocycles. The summed E-state index contributed by atoms with van der Waals surface area (Å²) in [5, 5.41) is 0. The molecule has 0 amide bonds. The Balaban J connectivity index is 2.11. The summed E-state index contributed by atoms with van der Waals surface area (Å²) in [5.41, 5.74) is 6.83. The molecule has 0 aromatic carbocycles. The molecule has 0 fully saturated rings. The summed E-state index contributed by atoms with van der Waals surface area (Å²) in [5.74, 6) is 0. The highest BCUT2D eigenvalue weighted by Gasteiger charge is 2.05. The number of methoxy groups -OCH3 is 1. The predicted molar refractivity (Wildman–Crippen MR) is 63.2 cm³/mol. The third-order valence-electron chi connectivity index (χ3n) is 2.33. The minimum absolute atomic E-state index is 0.0161. The molecule has 0 aliphatic heterocycles. The van der Waals surface area contributed by atoms with Gasteiger partial charge < -0.3 is 15.2 Å². The van der Waals surface area contributed by atoms with Crippen LogP contribution in [0.5, 0.6) is 0 Å². The zero-order chi connectivity index (χ0) is 11.6. The topological polar surface area (TPSA) is 57.4 Å². The van der Waals surface area contributed by atoms with Gasteiger partial charge in [-0.1, -0.05) is 0 Å². The molecule has 16 heavy (non-hydrogen) atoms. The van der Waals surface area contributed by atoms with Crippen LogP contribution in [0.25, 0.3) is 0 Å². The maximum absolute atomic E-state index is 5.59. The summed E-state index contributed by atoms with van der Waals surface area (Å²) in [6.45, 7) is 1.78. The molecule has 2 N–H and O–H groups in total. The van der Waals surface area contributed by atoms with Crippen LogP contribution >= 0.6 is 0 Å². The largest absolute Gasteiger partial charge is 0.382 e. The molecule has 0 aliphatic rings. The maximum Gasteiger partial charge on any atom is 0.0930 e. The van der Waals surface area contributed by atoms with Crippen molar-refractivity contribution >= 4 is 0 Å². The van der Waals surface area contributed by atoms with Crippen molar-refractivity contribution in [2.45, 2.75) is 18.9 Å². The minimum atomic E-state index is 0.0161. The van der Waals surface area contributed by atoms with E-state index >= 15 is 0 Å². The number of aryl methyl sites for hydroxylation is 1. The van der Waals surface area contributed by atoms with E-state index in [1.807, 2.05) is 24.5 Å². The van der Waals surface area contributed by atoms with E-state index in [4.69, 9.17) is 15.2 Å². The highest BCUT2D eigenvalue weighted by atomic mass is 16.5. The van der Waals surface area contributed by atoms with Crippen molar-refractivity contribution in [3.63, 3.8) is 0 Å². The predicted octanol–water partition coefficient (Wildman–Crippen LogP) is 1.00. The van der Waals surface area contributed by atoms with E-state index in [0.29, 0.717) is 19.8 Å². The molecule has 1 aromatic heterocycles. The lowest BCUT2D eigenvalue weighted by Gasteiger charge is -2.14. The monoisotopic (exact) mass is 224 g/mol. The summed E-state index contributed by atoms with van der Waals surface area (Å²) >= 11 is 0. The van der Waals surface area contributed by atoms with Crippen LogP contribution in [0.1, 0.15) is 12.0 Å². The van der Waals surface area contributed by atoms with Gasteiger partial charge in [0.05, 0.1) is 12.7 Å². The molecule has 1 rings (SSSR count). The molecular weight excluding hydrogens is 204 g/mol. The molecule has 4 nitrogen and oxygen atoms in total. The van der Waals surface area contributed by atoms with Crippen molar-refractivity contribution in [2.24, 2.45) is 5.73 Å². The second-order valence-electron chi connectivity index (χ2n) is 3.64. The Morgan fingerprint density at radius 3 is 2.75 bits per heavy atom. The summed E-state index contributed by atoms with van der Waals surface area (Å²) in [6, 6.07) is 4.05. The first-order valence-electron chi connectivity index (χ1n) is 5.56. The van der Waals surface area contributed by atoms with E-state index in [2.05, 4.69) is 4.98 Å². The Kier molecular flexibility index (Phi) is 6.72. The molecule has 0 spiro atoms. The zero-order valence-corrected chi connectivity index (χ0v) is 9.76. The van der Waals surface area contributed by atoms with Gasteiger partial charge in [-0.05, 0) is 30.5 Å². The molecular formula is C12H20N2O2. The van der Waals surface area contributed by atoms with Gasteiger partial charge in [0.25, 0.3) is 0 Å². The highest BCUT2D eigenvalue weighted by Crippen LogP contribution is 2.02. The van der Waals surface area contributed by atoms with Crippen LogP contribution in [0.3, 0.4) is 0 Å². The van der Waals surface area contributed by atoms with Gasteiger partial charge in [-0.3, -0.25) is 4.98 Å². The van der Waals surface area contributed by atoms with Crippen LogP contribution in [0, 0.1) is 0 Å². The molecule has 0 radical (unpaired) electrons. The van der Waals surface area contributed by atoms with E-state index in [1.54, 1.807) is 7.11 Å². The third-order valence-corrected chi connectivity index (χ3v) is 2.33. The van der Waals surface area contributed by atoms with E-state index in [9.17, 15) is 0 Å². The second-order valence-corrected chi connectivity index (χ2v) is 3.64. The number of ether oxygens (including phenoxy) is 2. The summed E-state index contributed by atoms with van der Waals surface area (Å²) in [4.78, 5) is 3.98. The normalized spacial score (nSPS) is 12.6. The summed E-state index contributed by atoms with van der Waals surface area (Å²) in [6.07, 6.45) is 5.63. The Labute approximate surface area is 96.8 Å². The van der Waals surface area contributed by atoms with Crippen LogP contribution in [0.15, 0.2) is 24.5 Å². The first kappa shape index (κ1) is 13.1.